The maximum absolute atomic E-state index is 12.3. The summed E-state index contributed by atoms with van der Waals surface area (Å²) in [5.74, 6) is 0.669. The molecule has 1 N–H and O–H groups in total. The third-order valence-corrected chi connectivity index (χ3v) is 5.57. The summed E-state index contributed by atoms with van der Waals surface area (Å²) in [7, 11) is 0. The molecule has 0 spiro atoms. The summed E-state index contributed by atoms with van der Waals surface area (Å²) < 4.78 is 0. The molecule has 4 aromatic rings. The Balaban J connectivity index is 1.72. The fraction of sp³-hybridized carbons (Fsp3) is 0.190. The monoisotopic (exact) mass is 361 g/mol. The smallest absolute Gasteiger partial charge is 0.258 e. The minimum absolute atomic E-state index is 0.0133. The highest BCUT2D eigenvalue weighted by atomic mass is 32.2. The van der Waals surface area contributed by atoms with Gasteiger partial charge in [-0.2, -0.15) is 0 Å². The minimum Gasteiger partial charge on any atom is -0.309 e. The molecule has 130 valence electrons. The third kappa shape index (κ3) is 2.99. The van der Waals surface area contributed by atoms with E-state index < -0.39 is 0 Å². The van der Waals surface area contributed by atoms with Crippen LogP contribution in [0.1, 0.15) is 29.1 Å². The van der Waals surface area contributed by atoms with E-state index >= 15 is 0 Å². The molecule has 0 fully saturated rings. The average Bonchev–Trinajstić information content (AvgIpc) is 2.63. The van der Waals surface area contributed by atoms with Gasteiger partial charge in [-0.3, -0.25) is 4.79 Å². The van der Waals surface area contributed by atoms with Gasteiger partial charge in [0.15, 0.2) is 0 Å². The molecular weight excluding hydrogens is 342 g/mol. The quantitative estimate of drug-likeness (QED) is 0.525. The number of thioether (sulfide) groups is 1. The molecule has 0 radical (unpaired) electrons. The Morgan fingerprint density at radius 1 is 0.962 bits per heavy atom. The second-order valence-corrected chi connectivity index (χ2v) is 7.84. The van der Waals surface area contributed by atoms with Gasteiger partial charge in [0, 0.05) is 5.39 Å². The van der Waals surface area contributed by atoms with Crippen LogP contribution in [-0.2, 0) is 0 Å². The number of hydrogen-bond donors (Lipinski definition) is 1. The van der Waals surface area contributed by atoms with Gasteiger partial charge in [-0.05, 0) is 50.1 Å². The van der Waals surface area contributed by atoms with Gasteiger partial charge in [0.1, 0.15) is 5.82 Å². The van der Waals surface area contributed by atoms with Gasteiger partial charge in [0.25, 0.3) is 5.56 Å². The molecule has 2 heterocycles. The van der Waals surface area contributed by atoms with E-state index in [1.165, 1.54) is 10.9 Å². The number of pyridine rings is 1. The zero-order valence-corrected chi connectivity index (χ0v) is 15.7. The molecule has 2 aromatic heterocycles. The first-order valence-corrected chi connectivity index (χ1v) is 9.43. The molecule has 2 aromatic carbocycles. The molecule has 0 saturated carbocycles. The number of hydrogen-bond acceptors (Lipinski definition) is 4. The molecular formula is C21H19N3OS. The van der Waals surface area contributed by atoms with Crippen LogP contribution >= 0.6 is 11.8 Å². The second-order valence-electron chi connectivity index (χ2n) is 6.48. The fourth-order valence-electron chi connectivity index (χ4n) is 3.13. The van der Waals surface area contributed by atoms with Crippen molar-refractivity contribution >= 4 is 33.6 Å². The zero-order chi connectivity index (χ0) is 18.3. The highest BCUT2D eigenvalue weighted by molar-refractivity contribution is 7.99. The van der Waals surface area contributed by atoms with Crippen molar-refractivity contribution in [3.63, 3.8) is 0 Å². The number of nitrogens with zero attached hydrogens (tertiary/aromatic N) is 2. The van der Waals surface area contributed by atoms with E-state index in [9.17, 15) is 4.79 Å². The minimum atomic E-state index is -0.100. The third-order valence-electron chi connectivity index (χ3n) is 4.54. The highest BCUT2D eigenvalue weighted by Crippen LogP contribution is 2.34. The molecule has 1 atom stereocenters. The lowest BCUT2D eigenvalue weighted by Crippen LogP contribution is -2.12. The molecule has 26 heavy (non-hydrogen) atoms. The summed E-state index contributed by atoms with van der Waals surface area (Å²) in [6.45, 7) is 6.22. The Kier molecular flexibility index (Phi) is 4.24. The van der Waals surface area contributed by atoms with Crippen molar-refractivity contribution in [2.75, 3.05) is 0 Å². The van der Waals surface area contributed by atoms with Crippen molar-refractivity contribution in [2.24, 2.45) is 0 Å². The van der Waals surface area contributed by atoms with E-state index in [0.29, 0.717) is 11.2 Å². The maximum atomic E-state index is 12.3. The van der Waals surface area contributed by atoms with Crippen LogP contribution in [-0.4, -0.2) is 15.0 Å². The molecule has 5 heteroatoms. The van der Waals surface area contributed by atoms with Crippen molar-refractivity contribution < 1.29 is 0 Å². The number of H-pyrrole nitrogens is 1. The molecule has 0 aliphatic rings. The number of benzene rings is 2. The first-order valence-electron chi connectivity index (χ1n) is 8.55. The van der Waals surface area contributed by atoms with Gasteiger partial charge in [-0.1, -0.05) is 42.1 Å². The standard InChI is InChI=1S/C21H19N3OS/c1-12-7-6-9-15-13(2)11-18(23-19(12)15)26-14(3)20-22-17-10-5-4-8-16(17)21(25)24-20/h4-11,14H,1-3H3,(H,22,24,25)/t14-/m1/s1. The van der Waals surface area contributed by atoms with Gasteiger partial charge < -0.3 is 4.98 Å². The van der Waals surface area contributed by atoms with Crippen molar-refractivity contribution in [1.29, 1.82) is 0 Å². The predicted molar refractivity (Wildman–Crippen MR) is 108 cm³/mol. The molecule has 0 aliphatic heterocycles. The van der Waals surface area contributed by atoms with Gasteiger partial charge in [0.05, 0.1) is 26.7 Å². The molecule has 0 aliphatic carbocycles. The van der Waals surface area contributed by atoms with Crippen LogP contribution in [0.4, 0.5) is 0 Å². The van der Waals surface area contributed by atoms with Crippen molar-refractivity contribution in [3.8, 4) is 0 Å². The van der Waals surface area contributed by atoms with Gasteiger partial charge in [0.2, 0.25) is 0 Å². The highest BCUT2D eigenvalue weighted by Gasteiger charge is 2.14. The van der Waals surface area contributed by atoms with Crippen LogP contribution in [0.25, 0.3) is 21.8 Å². The van der Waals surface area contributed by atoms with Crippen molar-refractivity contribution in [2.45, 2.75) is 31.0 Å². The number of rotatable bonds is 3. The first-order chi connectivity index (χ1) is 12.5. The van der Waals surface area contributed by atoms with Crippen molar-refractivity contribution in [1.82, 2.24) is 15.0 Å². The number of aryl methyl sites for hydroxylation is 2. The van der Waals surface area contributed by atoms with E-state index in [4.69, 9.17) is 4.98 Å². The average molecular weight is 361 g/mol. The summed E-state index contributed by atoms with van der Waals surface area (Å²) in [5, 5.41) is 2.72. The molecule has 0 unspecified atom stereocenters. The Bertz CT molecular complexity index is 1180. The normalized spacial score (nSPS) is 12.6. The maximum Gasteiger partial charge on any atom is 0.258 e. The van der Waals surface area contributed by atoms with E-state index in [0.717, 1.165) is 21.6 Å². The number of aromatic amines is 1. The van der Waals surface area contributed by atoms with Gasteiger partial charge >= 0.3 is 0 Å². The number of para-hydroxylation sites is 2. The molecule has 4 nitrogen and oxygen atoms in total. The number of nitrogens with one attached hydrogen (secondary N) is 1. The predicted octanol–water partition coefficient (Wildman–Crippen LogP) is 4.94. The Hall–Kier alpha value is -2.66. The Morgan fingerprint density at radius 3 is 2.58 bits per heavy atom. The molecule has 0 saturated heterocycles. The van der Waals surface area contributed by atoms with Crippen LogP contribution < -0.4 is 5.56 Å². The summed E-state index contributed by atoms with van der Waals surface area (Å²) in [5.41, 5.74) is 4.02. The summed E-state index contributed by atoms with van der Waals surface area (Å²) in [6, 6.07) is 15.7. The lowest BCUT2D eigenvalue weighted by Gasteiger charge is -2.13. The number of aromatic nitrogens is 3. The number of fused-ring (bicyclic) bond motifs is 2. The molecule has 0 bridgehead atoms. The lowest BCUT2D eigenvalue weighted by molar-refractivity contribution is 0.919. The Labute approximate surface area is 155 Å². The van der Waals surface area contributed by atoms with E-state index in [2.05, 4.69) is 48.1 Å². The molecule has 4 rings (SSSR count). The summed E-state index contributed by atoms with van der Waals surface area (Å²) >= 11 is 1.61. The van der Waals surface area contributed by atoms with Crippen LogP contribution in [0.2, 0.25) is 0 Å². The van der Waals surface area contributed by atoms with Crippen LogP contribution in [0, 0.1) is 13.8 Å². The zero-order valence-electron chi connectivity index (χ0n) is 14.9. The van der Waals surface area contributed by atoms with E-state index in [1.807, 2.05) is 25.1 Å². The molecule has 0 amide bonds. The Morgan fingerprint density at radius 2 is 1.73 bits per heavy atom. The van der Waals surface area contributed by atoms with Crippen LogP contribution in [0.3, 0.4) is 0 Å². The van der Waals surface area contributed by atoms with E-state index in [1.54, 1.807) is 17.8 Å². The van der Waals surface area contributed by atoms with Crippen LogP contribution in [0.15, 0.2) is 58.4 Å². The lowest BCUT2D eigenvalue weighted by atomic mass is 10.1. The second kappa shape index (κ2) is 6.57. The summed E-state index contributed by atoms with van der Waals surface area (Å²) in [4.78, 5) is 24.7. The first kappa shape index (κ1) is 16.8. The fourth-order valence-corrected chi connectivity index (χ4v) is 4.10. The van der Waals surface area contributed by atoms with Crippen LogP contribution in [0.5, 0.6) is 0 Å². The summed E-state index contributed by atoms with van der Waals surface area (Å²) in [6.07, 6.45) is 0. The topological polar surface area (TPSA) is 58.6 Å². The largest absolute Gasteiger partial charge is 0.309 e. The van der Waals surface area contributed by atoms with E-state index in [-0.39, 0.29) is 10.8 Å². The van der Waals surface area contributed by atoms with Crippen molar-refractivity contribution in [3.05, 3.63) is 75.8 Å². The van der Waals surface area contributed by atoms with Gasteiger partial charge in [-0.25, -0.2) is 9.97 Å². The van der Waals surface area contributed by atoms with Gasteiger partial charge in [-0.15, -0.1) is 0 Å². The SMILES string of the molecule is Cc1cc(S[C@H](C)c2nc3ccccc3c(=O)[nH]2)nc2c(C)cccc12.